The molecule has 1 fully saturated rings. The number of nitrogens with one attached hydrogen (secondary N) is 1. The summed E-state index contributed by atoms with van der Waals surface area (Å²) < 4.78 is 7.27. The van der Waals surface area contributed by atoms with E-state index in [1.165, 1.54) is 0 Å². The fourth-order valence-corrected chi connectivity index (χ4v) is 2.93. The number of rotatable bonds is 2. The summed E-state index contributed by atoms with van der Waals surface area (Å²) in [5.41, 5.74) is 1.75. The molecule has 29 heavy (non-hydrogen) atoms. The lowest BCUT2D eigenvalue weighted by Crippen LogP contribution is -2.50. The van der Waals surface area contributed by atoms with Gasteiger partial charge in [0.05, 0.1) is 5.69 Å². The summed E-state index contributed by atoms with van der Waals surface area (Å²) >= 11 is 0. The van der Waals surface area contributed by atoms with Gasteiger partial charge in [-0.3, -0.25) is 5.10 Å². The van der Waals surface area contributed by atoms with Crippen molar-refractivity contribution in [3.8, 4) is 5.69 Å². The van der Waals surface area contributed by atoms with Gasteiger partial charge >= 0.3 is 6.09 Å². The van der Waals surface area contributed by atoms with Crippen LogP contribution in [0.4, 0.5) is 10.5 Å². The number of carbonyl (C=O) groups excluding carboxylic acids is 1. The summed E-state index contributed by atoms with van der Waals surface area (Å²) in [5, 5.41) is 10.4. The van der Waals surface area contributed by atoms with Gasteiger partial charge in [0.15, 0.2) is 0 Å². The molecule has 0 radical (unpaired) electrons. The maximum absolute atomic E-state index is 12.1. The molecule has 8 nitrogen and oxygen atoms in total. The fraction of sp³-hybridized carbons (Fsp3) is 0.381. The first-order chi connectivity index (χ1) is 13.9. The fourth-order valence-electron chi connectivity index (χ4n) is 2.93. The van der Waals surface area contributed by atoms with E-state index >= 15 is 0 Å². The van der Waals surface area contributed by atoms with Crippen LogP contribution in [0.15, 0.2) is 61.2 Å². The topological polar surface area (TPSA) is 79.3 Å². The minimum atomic E-state index is -0.448. The number of benzene rings is 1. The smallest absolute Gasteiger partial charge is 0.410 e. The number of hydrogen-bond donors (Lipinski definition) is 1. The van der Waals surface area contributed by atoms with Crippen LogP contribution in [0.25, 0.3) is 5.69 Å². The number of ether oxygens (including phenoxy) is 1. The van der Waals surface area contributed by atoms with Crippen molar-refractivity contribution in [2.45, 2.75) is 26.4 Å². The molecule has 1 aliphatic heterocycles. The molecule has 3 aromatic rings. The minimum Gasteiger partial charge on any atom is -0.444 e. The minimum absolute atomic E-state index is 0.226. The average Bonchev–Trinajstić information content (AvgIpc) is 3.43. The highest BCUT2D eigenvalue weighted by molar-refractivity contribution is 5.68. The van der Waals surface area contributed by atoms with Crippen molar-refractivity contribution in [2.75, 3.05) is 31.1 Å². The Hall–Kier alpha value is -3.29. The molecule has 0 unspecified atom stereocenters. The van der Waals surface area contributed by atoms with E-state index in [1.54, 1.807) is 23.5 Å². The molecule has 3 heterocycles. The highest BCUT2D eigenvalue weighted by atomic mass is 16.6. The van der Waals surface area contributed by atoms with E-state index in [-0.39, 0.29) is 6.09 Å². The van der Waals surface area contributed by atoms with Gasteiger partial charge < -0.3 is 14.5 Å². The molecule has 0 saturated carbocycles. The molecule has 1 aromatic carbocycles. The van der Waals surface area contributed by atoms with Crippen LogP contribution in [-0.2, 0) is 4.74 Å². The van der Waals surface area contributed by atoms with Gasteiger partial charge in [-0.2, -0.15) is 10.2 Å². The van der Waals surface area contributed by atoms with Gasteiger partial charge in [-0.25, -0.2) is 9.48 Å². The number of aromatic amines is 1. The predicted molar refractivity (Wildman–Crippen MR) is 112 cm³/mol. The standard InChI is InChI=1S/C18H24N4O2.C3H4N2/c1-18(2,3)24-17(23)21-13-11-20(12-14-21)15-5-7-16(8-6-15)22-10-4-9-19-22;1-2-4-5-3-1/h4-10H,11-14H2,1-3H3;1-3H,(H,4,5). The molecule has 1 amide bonds. The van der Waals surface area contributed by atoms with Crippen LogP contribution in [-0.4, -0.2) is 62.8 Å². The van der Waals surface area contributed by atoms with Crippen molar-refractivity contribution in [3.05, 3.63) is 61.2 Å². The third-order valence-corrected chi connectivity index (χ3v) is 4.32. The van der Waals surface area contributed by atoms with E-state index in [2.05, 4.69) is 44.5 Å². The maximum atomic E-state index is 12.1. The molecule has 1 saturated heterocycles. The Morgan fingerprint density at radius 2 is 1.69 bits per heavy atom. The van der Waals surface area contributed by atoms with Gasteiger partial charge in [0, 0.05) is 56.7 Å². The highest BCUT2D eigenvalue weighted by Crippen LogP contribution is 2.20. The second-order valence-electron chi connectivity index (χ2n) is 7.69. The molecule has 8 heteroatoms. The number of hydrogen-bond acceptors (Lipinski definition) is 5. The lowest BCUT2D eigenvalue weighted by atomic mass is 10.2. The summed E-state index contributed by atoms with van der Waals surface area (Å²) in [4.78, 5) is 16.2. The van der Waals surface area contributed by atoms with Gasteiger partial charge in [0.25, 0.3) is 0 Å². The van der Waals surface area contributed by atoms with E-state index in [1.807, 2.05) is 43.8 Å². The molecule has 1 N–H and O–H groups in total. The number of amides is 1. The lowest BCUT2D eigenvalue weighted by molar-refractivity contribution is 0.0240. The highest BCUT2D eigenvalue weighted by Gasteiger charge is 2.25. The molecule has 0 aliphatic carbocycles. The van der Waals surface area contributed by atoms with Crippen molar-refractivity contribution in [2.24, 2.45) is 0 Å². The first-order valence-corrected chi connectivity index (χ1v) is 9.69. The third kappa shape index (κ3) is 6.10. The van der Waals surface area contributed by atoms with E-state index in [0.29, 0.717) is 13.1 Å². The van der Waals surface area contributed by atoms with Crippen LogP contribution < -0.4 is 4.90 Å². The zero-order valence-electron chi connectivity index (χ0n) is 17.2. The molecule has 154 valence electrons. The van der Waals surface area contributed by atoms with E-state index in [0.717, 1.165) is 24.5 Å². The van der Waals surface area contributed by atoms with E-state index in [4.69, 9.17) is 4.74 Å². The van der Waals surface area contributed by atoms with Crippen molar-refractivity contribution in [1.29, 1.82) is 0 Å². The van der Waals surface area contributed by atoms with Crippen molar-refractivity contribution in [1.82, 2.24) is 24.9 Å². The normalized spacial score (nSPS) is 14.2. The van der Waals surface area contributed by atoms with Crippen molar-refractivity contribution < 1.29 is 9.53 Å². The van der Waals surface area contributed by atoms with Crippen LogP contribution in [0.5, 0.6) is 0 Å². The van der Waals surface area contributed by atoms with Crippen molar-refractivity contribution in [3.63, 3.8) is 0 Å². The molecule has 4 rings (SSSR count). The molecular weight excluding hydrogens is 368 g/mol. The molecule has 2 aromatic heterocycles. The molecule has 1 aliphatic rings. The molecule has 0 atom stereocenters. The van der Waals surface area contributed by atoms with Crippen LogP contribution >= 0.6 is 0 Å². The number of H-pyrrole nitrogens is 1. The first kappa shape index (κ1) is 20.4. The zero-order valence-corrected chi connectivity index (χ0v) is 17.2. The second-order valence-corrected chi connectivity index (χ2v) is 7.69. The molecular formula is C21H28N6O2. The van der Waals surface area contributed by atoms with Crippen LogP contribution in [0, 0.1) is 0 Å². The Morgan fingerprint density at radius 1 is 1.00 bits per heavy atom. The quantitative estimate of drug-likeness (QED) is 0.719. The largest absolute Gasteiger partial charge is 0.444 e. The van der Waals surface area contributed by atoms with Gasteiger partial charge in [0.2, 0.25) is 0 Å². The van der Waals surface area contributed by atoms with Crippen LogP contribution in [0.3, 0.4) is 0 Å². The van der Waals surface area contributed by atoms with E-state index < -0.39 is 5.60 Å². The second kappa shape index (κ2) is 9.27. The number of piperazine rings is 1. The third-order valence-electron chi connectivity index (χ3n) is 4.32. The SMILES string of the molecule is CC(C)(C)OC(=O)N1CCN(c2ccc(-n3cccn3)cc2)CC1.c1cn[nH]c1. The molecule has 0 spiro atoms. The number of anilines is 1. The summed E-state index contributed by atoms with van der Waals surface area (Å²) in [6.07, 6.45) is 6.93. The molecule has 0 bridgehead atoms. The van der Waals surface area contributed by atoms with Gasteiger partial charge in [-0.15, -0.1) is 0 Å². The average molecular weight is 396 g/mol. The van der Waals surface area contributed by atoms with Gasteiger partial charge in [-0.1, -0.05) is 0 Å². The first-order valence-electron chi connectivity index (χ1n) is 9.69. The Kier molecular flexibility index (Phi) is 6.54. The Balaban J connectivity index is 0.000000419. The Morgan fingerprint density at radius 3 is 2.17 bits per heavy atom. The summed E-state index contributed by atoms with van der Waals surface area (Å²) in [7, 11) is 0. The predicted octanol–water partition coefficient (Wildman–Crippen LogP) is 3.34. The van der Waals surface area contributed by atoms with Crippen molar-refractivity contribution >= 4 is 11.8 Å². The number of aromatic nitrogens is 4. The van der Waals surface area contributed by atoms with Gasteiger partial charge in [0.1, 0.15) is 5.60 Å². The maximum Gasteiger partial charge on any atom is 0.410 e. The van der Waals surface area contributed by atoms with Gasteiger partial charge in [-0.05, 0) is 57.2 Å². The monoisotopic (exact) mass is 396 g/mol. The summed E-state index contributed by atoms with van der Waals surface area (Å²) in [6.45, 7) is 8.64. The summed E-state index contributed by atoms with van der Waals surface area (Å²) in [5.74, 6) is 0. The van der Waals surface area contributed by atoms with Crippen LogP contribution in [0.2, 0.25) is 0 Å². The Labute approximate surface area is 171 Å². The van der Waals surface area contributed by atoms with Crippen LogP contribution in [0.1, 0.15) is 20.8 Å². The van der Waals surface area contributed by atoms with E-state index in [9.17, 15) is 4.79 Å². The number of carbonyl (C=O) groups is 1. The zero-order chi connectivity index (χ0) is 20.7. The summed E-state index contributed by atoms with van der Waals surface area (Å²) in [6, 6.07) is 12.1. The lowest BCUT2D eigenvalue weighted by Gasteiger charge is -2.36. The Bertz CT molecular complexity index is 829. The number of nitrogens with zero attached hydrogens (tertiary/aromatic N) is 5.